The molecule has 0 spiro atoms. The first kappa shape index (κ1) is 17.6. The van der Waals surface area contributed by atoms with Gasteiger partial charge in [-0.15, -0.1) is 0 Å². The molecule has 1 N–H and O–H groups in total. The zero-order valence-corrected chi connectivity index (χ0v) is 15.7. The van der Waals surface area contributed by atoms with Gasteiger partial charge in [-0.2, -0.15) is 0 Å². The molecule has 0 saturated carbocycles. The molecule has 2 aliphatic heterocycles. The Bertz CT molecular complexity index is 713. The van der Waals surface area contributed by atoms with Crippen LogP contribution in [0, 0.1) is 5.92 Å². The first-order chi connectivity index (χ1) is 12.8. The molecule has 0 aromatic carbocycles. The highest BCUT2D eigenvalue weighted by Crippen LogP contribution is 2.30. The molecule has 2 saturated heterocycles. The van der Waals surface area contributed by atoms with Crippen LogP contribution >= 0.6 is 11.3 Å². The molecule has 0 aliphatic carbocycles. The summed E-state index contributed by atoms with van der Waals surface area (Å²) in [6.07, 6.45) is 3.76. The Balaban J connectivity index is 1.30. The Kier molecular flexibility index (Phi) is 5.62. The van der Waals surface area contributed by atoms with Gasteiger partial charge in [0.1, 0.15) is 10.3 Å². The van der Waals surface area contributed by atoms with E-state index < -0.39 is 0 Å². The first-order valence-corrected chi connectivity index (χ1v) is 10.2. The van der Waals surface area contributed by atoms with E-state index in [2.05, 4.69) is 25.1 Å². The number of morpholine rings is 1. The molecule has 0 bridgehead atoms. The molecule has 140 valence electrons. The summed E-state index contributed by atoms with van der Waals surface area (Å²) in [5.41, 5.74) is 0.935. The minimum Gasteiger partial charge on any atom is -0.379 e. The van der Waals surface area contributed by atoms with Crippen molar-refractivity contribution in [1.82, 2.24) is 20.2 Å². The van der Waals surface area contributed by atoms with Crippen LogP contribution in [0.3, 0.4) is 0 Å². The van der Waals surface area contributed by atoms with E-state index in [9.17, 15) is 4.79 Å². The van der Waals surface area contributed by atoms with Crippen LogP contribution in [0.4, 0.5) is 5.13 Å². The predicted octanol–water partition coefficient (Wildman–Crippen LogP) is 1.36. The lowest BCUT2D eigenvalue weighted by molar-refractivity contribution is -0.125. The maximum Gasteiger partial charge on any atom is 0.224 e. The smallest absolute Gasteiger partial charge is 0.224 e. The van der Waals surface area contributed by atoms with Gasteiger partial charge in [0.25, 0.3) is 0 Å². The molecule has 2 aromatic heterocycles. The molecule has 2 fully saturated rings. The van der Waals surface area contributed by atoms with Crippen LogP contribution in [0.15, 0.2) is 18.3 Å². The average molecular weight is 375 g/mol. The predicted molar refractivity (Wildman–Crippen MR) is 103 cm³/mol. The number of fused-ring (bicyclic) bond motifs is 1. The number of piperidine rings is 1. The van der Waals surface area contributed by atoms with Gasteiger partial charge in [0, 0.05) is 45.5 Å². The molecule has 4 rings (SSSR count). The normalized spacial score (nSPS) is 21.8. The number of rotatable bonds is 5. The van der Waals surface area contributed by atoms with E-state index in [1.54, 1.807) is 17.5 Å². The molecule has 2 aliphatic rings. The number of amides is 1. The van der Waals surface area contributed by atoms with Crippen molar-refractivity contribution in [3.63, 3.8) is 0 Å². The number of hydrogen-bond donors (Lipinski definition) is 1. The second-order valence-electron chi connectivity index (χ2n) is 6.85. The molecule has 4 heterocycles. The molecule has 7 nitrogen and oxygen atoms in total. The molecule has 0 radical (unpaired) electrons. The van der Waals surface area contributed by atoms with E-state index in [0.29, 0.717) is 6.54 Å². The summed E-state index contributed by atoms with van der Waals surface area (Å²) < 4.78 is 5.35. The summed E-state index contributed by atoms with van der Waals surface area (Å²) >= 11 is 1.61. The highest BCUT2D eigenvalue weighted by atomic mass is 32.1. The molecule has 1 amide bonds. The lowest BCUT2D eigenvalue weighted by Gasteiger charge is -2.32. The molecular formula is C18H25N5O2S. The summed E-state index contributed by atoms with van der Waals surface area (Å²) in [5.74, 6) is 0.204. The van der Waals surface area contributed by atoms with Crippen molar-refractivity contribution in [2.24, 2.45) is 5.92 Å². The lowest BCUT2D eigenvalue weighted by atomic mass is 9.97. The Hall–Kier alpha value is -1.77. The fourth-order valence-corrected chi connectivity index (χ4v) is 4.51. The highest BCUT2D eigenvalue weighted by Gasteiger charge is 2.27. The maximum atomic E-state index is 12.6. The van der Waals surface area contributed by atoms with E-state index in [0.717, 1.165) is 74.3 Å². The average Bonchev–Trinajstić information content (AvgIpc) is 3.13. The Labute approximate surface area is 157 Å². The maximum absolute atomic E-state index is 12.6. The topological polar surface area (TPSA) is 70.6 Å². The van der Waals surface area contributed by atoms with Crippen molar-refractivity contribution in [2.45, 2.75) is 12.8 Å². The number of aromatic nitrogens is 2. The van der Waals surface area contributed by atoms with Crippen molar-refractivity contribution in [3.8, 4) is 0 Å². The van der Waals surface area contributed by atoms with Crippen molar-refractivity contribution < 1.29 is 9.53 Å². The van der Waals surface area contributed by atoms with E-state index in [1.165, 1.54) is 0 Å². The second-order valence-corrected chi connectivity index (χ2v) is 7.81. The monoisotopic (exact) mass is 375 g/mol. The van der Waals surface area contributed by atoms with Crippen molar-refractivity contribution in [2.75, 3.05) is 57.4 Å². The van der Waals surface area contributed by atoms with Gasteiger partial charge in [0.2, 0.25) is 5.91 Å². The summed E-state index contributed by atoms with van der Waals surface area (Å²) in [7, 11) is 0. The van der Waals surface area contributed by atoms with Gasteiger partial charge in [-0.25, -0.2) is 9.97 Å². The number of nitrogens with zero attached hydrogens (tertiary/aromatic N) is 4. The van der Waals surface area contributed by atoms with Gasteiger partial charge < -0.3 is 15.0 Å². The number of nitrogens with one attached hydrogen (secondary N) is 1. The van der Waals surface area contributed by atoms with Crippen LogP contribution in [0.5, 0.6) is 0 Å². The fourth-order valence-electron chi connectivity index (χ4n) is 3.56. The Morgan fingerprint density at radius 3 is 3.08 bits per heavy atom. The zero-order valence-electron chi connectivity index (χ0n) is 14.9. The van der Waals surface area contributed by atoms with Crippen LogP contribution in [0.2, 0.25) is 0 Å². The first-order valence-electron chi connectivity index (χ1n) is 9.34. The zero-order chi connectivity index (χ0) is 17.8. The van der Waals surface area contributed by atoms with Crippen LogP contribution in [0.25, 0.3) is 10.3 Å². The van der Waals surface area contributed by atoms with Crippen LogP contribution in [-0.2, 0) is 9.53 Å². The van der Waals surface area contributed by atoms with Gasteiger partial charge in [-0.05, 0) is 25.0 Å². The minimum absolute atomic E-state index is 0.0356. The summed E-state index contributed by atoms with van der Waals surface area (Å²) in [4.78, 5) is 27.2. The van der Waals surface area contributed by atoms with Gasteiger partial charge in [-0.1, -0.05) is 11.3 Å². The quantitative estimate of drug-likeness (QED) is 0.851. The number of carbonyl (C=O) groups excluding carboxylic acids is 1. The van der Waals surface area contributed by atoms with Gasteiger partial charge in [-0.3, -0.25) is 9.69 Å². The number of thiazole rings is 1. The van der Waals surface area contributed by atoms with E-state index in [-0.39, 0.29) is 11.8 Å². The van der Waals surface area contributed by atoms with Crippen LogP contribution in [-0.4, -0.2) is 73.3 Å². The van der Waals surface area contributed by atoms with E-state index >= 15 is 0 Å². The molecular weight excluding hydrogens is 350 g/mol. The van der Waals surface area contributed by atoms with Crippen LogP contribution in [0.1, 0.15) is 12.8 Å². The molecule has 1 atom stereocenters. The van der Waals surface area contributed by atoms with E-state index in [4.69, 9.17) is 4.74 Å². The van der Waals surface area contributed by atoms with Gasteiger partial charge in [0.15, 0.2) is 5.13 Å². The van der Waals surface area contributed by atoms with Crippen molar-refractivity contribution in [3.05, 3.63) is 18.3 Å². The lowest BCUT2D eigenvalue weighted by Crippen LogP contribution is -2.46. The minimum atomic E-state index is 0.0356. The third-order valence-electron chi connectivity index (χ3n) is 5.05. The van der Waals surface area contributed by atoms with Crippen LogP contribution < -0.4 is 10.2 Å². The van der Waals surface area contributed by atoms with E-state index in [1.807, 2.05) is 12.1 Å². The Morgan fingerprint density at radius 1 is 1.35 bits per heavy atom. The third-order valence-corrected chi connectivity index (χ3v) is 6.09. The summed E-state index contributed by atoms with van der Waals surface area (Å²) in [6, 6.07) is 3.90. The van der Waals surface area contributed by atoms with Gasteiger partial charge in [0.05, 0.1) is 19.1 Å². The number of carbonyl (C=O) groups is 1. The molecule has 0 unspecified atom stereocenters. The number of hydrogen-bond acceptors (Lipinski definition) is 7. The number of ether oxygens (including phenoxy) is 1. The summed E-state index contributed by atoms with van der Waals surface area (Å²) in [5, 5.41) is 4.10. The molecule has 8 heteroatoms. The third kappa shape index (κ3) is 4.13. The molecule has 26 heavy (non-hydrogen) atoms. The highest BCUT2D eigenvalue weighted by molar-refractivity contribution is 7.21. The Morgan fingerprint density at radius 2 is 2.23 bits per heavy atom. The SMILES string of the molecule is O=C(NCCN1CCOCC1)[C@H]1CCCN(c2nc3cccnc3s2)C1. The largest absolute Gasteiger partial charge is 0.379 e. The van der Waals surface area contributed by atoms with Gasteiger partial charge >= 0.3 is 0 Å². The standard InChI is InChI=1S/C18H25N5O2S/c24-16(19-6-8-22-9-11-25-12-10-22)14-3-2-7-23(13-14)18-21-15-4-1-5-20-17(15)26-18/h1,4-5,14H,2-3,6-13H2,(H,19,24)/t14-/m0/s1. The molecule has 2 aromatic rings. The second kappa shape index (κ2) is 8.28. The fraction of sp³-hybridized carbons (Fsp3) is 0.611. The number of anilines is 1. The van der Waals surface area contributed by atoms with Crippen molar-refractivity contribution in [1.29, 1.82) is 0 Å². The summed E-state index contributed by atoms with van der Waals surface area (Å²) in [6.45, 7) is 6.80. The van der Waals surface area contributed by atoms with Crippen molar-refractivity contribution >= 4 is 32.7 Å². The number of pyridine rings is 1.